The Kier molecular flexibility index (Phi) is 9.71. The molecule has 6 atom stereocenters. The van der Waals surface area contributed by atoms with Crippen molar-refractivity contribution in [3.63, 3.8) is 0 Å². The summed E-state index contributed by atoms with van der Waals surface area (Å²) in [5.74, 6) is -1.39. The normalized spacial score (nSPS) is 24.1. The Labute approximate surface area is 257 Å². The van der Waals surface area contributed by atoms with E-state index >= 15 is 0 Å². The van der Waals surface area contributed by atoms with Crippen LogP contribution >= 0.6 is 0 Å². The average Bonchev–Trinajstić information content (AvgIpc) is 3.67. The molecule has 0 aliphatic carbocycles. The number of sulfonamides is 1. The summed E-state index contributed by atoms with van der Waals surface area (Å²) in [5, 5.41) is 25.0. The zero-order chi connectivity index (χ0) is 31.6. The molecule has 0 radical (unpaired) electrons. The van der Waals surface area contributed by atoms with Crippen LogP contribution in [0.3, 0.4) is 0 Å². The smallest absolute Gasteiger partial charge is 0.407 e. The van der Waals surface area contributed by atoms with Gasteiger partial charge in [0, 0.05) is 24.5 Å². The second kappa shape index (κ2) is 13.3. The quantitative estimate of drug-likeness (QED) is 0.260. The molecule has 44 heavy (non-hydrogen) atoms. The lowest BCUT2D eigenvalue weighted by molar-refractivity contribution is -0.115. The number of rotatable bonds is 12. The van der Waals surface area contributed by atoms with Gasteiger partial charge in [-0.15, -0.1) is 0 Å². The number of ether oxygens (including phenoxy) is 3. The highest BCUT2D eigenvalue weighted by Crippen LogP contribution is 2.36. The molecule has 12 nitrogen and oxygen atoms in total. The molecule has 3 heterocycles. The van der Waals surface area contributed by atoms with Crippen LogP contribution in [-0.4, -0.2) is 86.4 Å². The van der Waals surface area contributed by atoms with Crippen molar-refractivity contribution >= 4 is 33.4 Å². The minimum Gasteiger partial charge on any atom is -0.443 e. The minimum atomic E-state index is -4.15. The summed E-state index contributed by atoms with van der Waals surface area (Å²) in [6.07, 6.45) is -1.95. The third kappa shape index (κ3) is 6.97. The van der Waals surface area contributed by atoms with E-state index in [1.807, 2.05) is 44.2 Å². The van der Waals surface area contributed by atoms with Gasteiger partial charge in [-0.1, -0.05) is 44.2 Å². The summed E-state index contributed by atoms with van der Waals surface area (Å²) in [6, 6.07) is 12.8. The number of carbonyl (C=O) groups is 2. The maximum absolute atomic E-state index is 14.0. The minimum absolute atomic E-state index is 0.0478. The van der Waals surface area contributed by atoms with Crippen LogP contribution in [0.5, 0.6) is 0 Å². The first-order chi connectivity index (χ1) is 20.9. The summed E-state index contributed by atoms with van der Waals surface area (Å²) in [5.41, 5.74) is 1.83. The predicted octanol–water partition coefficient (Wildman–Crippen LogP) is 2.87. The second-order valence-electron chi connectivity index (χ2n) is 12.0. The lowest BCUT2D eigenvalue weighted by atomic mass is 9.97. The molecule has 0 aromatic heterocycles. The van der Waals surface area contributed by atoms with Crippen molar-refractivity contribution in [1.29, 1.82) is 5.41 Å². The standard InChI is InChI=1S/C31H40N4O8S/c1-18(2)15-35(44(39,40)21-9-10-24-23(14-21)28(19(3)32)29(37)33-24)16-26(36)25(13-20-7-5-4-6-8-20)34-31(38)43-27-17-42-30-22(27)11-12-41-30/h4-10,14,18,22,25-28,30,32,36H,11-13,15-17H2,1-3H3,(H,33,37)(H,34,38). The number of benzene rings is 2. The predicted molar refractivity (Wildman–Crippen MR) is 162 cm³/mol. The van der Waals surface area contributed by atoms with Gasteiger partial charge in [0.05, 0.1) is 36.2 Å². The molecular formula is C31H40N4O8S. The summed E-state index contributed by atoms with van der Waals surface area (Å²) >= 11 is 0. The van der Waals surface area contributed by atoms with Crippen LogP contribution in [0.25, 0.3) is 0 Å². The average molecular weight is 629 g/mol. The first-order valence-electron chi connectivity index (χ1n) is 14.9. The van der Waals surface area contributed by atoms with Crippen molar-refractivity contribution in [3.8, 4) is 0 Å². The molecule has 0 spiro atoms. The van der Waals surface area contributed by atoms with Crippen molar-refractivity contribution in [3.05, 3.63) is 59.7 Å². The van der Waals surface area contributed by atoms with Gasteiger partial charge in [0.15, 0.2) is 6.29 Å². The summed E-state index contributed by atoms with van der Waals surface area (Å²) in [7, 11) is -4.15. The van der Waals surface area contributed by atoms with Crippen LogP contribution in [0.15, 0.2) is 53.4 Å². The summed E-state index contributed by atoms with van der Waals surface area (Å²) in [6.45, 7) is 5.80. The number of nitrogens with one attached hydrogen (secondary N) is 3. The fourth-order valence-electron chi connectivity index (χ4n) is 6.01. The molecule has 0 bridgehead atoms. The van der Waals surface area contributed by atoms with E-state index in [2.05, 4.69) is 10.6 Å². The molecule has 238 valence electrons. The van der Waals surface area contributed by atoms with Crippen LogP contribution in [0.4, 0.5) is 10.5 Å². The van der Waals surface area contributed by atoms with Gasteiger partial charge in [-0.3, -0.25) is 4.79 Å². The van der Waals surface area contributed by atoms with E-state index < -0.39 is 40.3 Å². The van der Waals surface area contributed by atoms with Crippen LogP contribution in [0, 0.1) is 17.2 Å². The maximum Gasteiger partial charge on any atom is 0.407 e. The van der Waals surface area contributed by atoms with Crippen LogP contribution in [0.1, 0.15) is 44.2 Å². The Morgan fingerprint density at radius 3 is 2.64 bits per heavy atom. The second-order valence-corrected chi connectivity index (χ2v) is 14.0. The number of hydrogen-bond acceptors (Lipinski definition) is 9. The van der Waals surface area contributed by atoms with E-state index in [1.54, 1.807) is 0 Å². The highest BCUT2D eigenvalue weighted by atomic mass is 32.2. The molecule has 6 unspecified atom stereocenters. The van der Waals surface area contributed by atoms with Crippen molar-refractivity contribution in [2.45, 2.75) is 69.0 Å². The van der Waals surface area contributed by atoms with E-state index in [0.29, 0.717) is 24.3 Å². The monoisotopic (exact) mass is 628 g/mol. The lowest BCUT2D eigenvalue weighted by Gasteiger charge is -2.31. The van der Waals surface area contributed by atoms with Gasteiger partial charge >= 0.3 is 6.09 Å². The third-order valence-corrected chi connectivity index (χ3v) is 10.0. The van der Waals surface area contributed by atoms with Gasteiger partial charge in [-0.05, 0) is 55.0 Å². The van der Waals surface area contributed by atoms with Crippen molar-refractivity contribution in [1.82, 2.24) is 9.62 Å². The van der Waals surface area contributed by atoms with E-state index in [1.165, 1.54) is 29.4 Å². The molecule has 3 aliphatic heterocycles. The number of hydrogen-bond donors (Lipinski definition) is 4. The van der Waals surface area contributed by atoms with E-state index in [4.69, 9.17) is 19.6 Å². The largest absolute Gasteiger partial charge is 0.443 e. The van der Waals surface area contributed by atoms with Gasteiger partial charge in [-0.25, -0.2) is 13.2 Å². The number of aliphatic hydroxyl groups excluding tert-OH is 1. The molecular weight excluding hydrogens is 588 g/mol. The maximum atomic E-state index is 14.0. The zero-order valence-corrected chi connectivity index (χ0v) is 25.9. The van der Waals surface area contributed by atoms with Crippen molar-refractivity contribution in [2.24, 2.45) is 11.8 Å². The first-order valence-corrected chi connectivity index (χ1v) is 16.3. The highest BCUT2D eigenvalue weighted by Gasteiger charge is 2.44. The Hall–Kier alpha value is -3.36. The molecule has 2 amide bonds. The van der Waals surface area contributed by atoms with Gasteiger partial charge in [0.25, 0.3) is 0 Å². The van der Waals surface area contributed by atoms with Crippen LogP contribution < -0.4 is 10.6 Å². The van der Waals surface area contributed by atoms with E-state index in [9.17, 15) is 23.1 Å². The number of alkyl carbamates (subject to hydrolysis) is 1. The van der Waals surface area contributed by atoms with Crippen LogP contribution in [-0.2, 0) is 35.4 Å². The molecule has 2 fully saturated rings. The molecule has 2 saturated heterocycles. The molecule has 4 N–H and O–H groups in total. The lowest BCUT2D eigenvalue weighted by Crippen LogP contribution is -2.51. The summed E-state index contributed by atoms with van der Waals surface area (Å²) in [4.78, 5) is 25.5. The van der Waals surface area contributed by atoms with Gasteiger partial charge in [0.2, 0.25) is 15.9 Å². The van der Waals surface area contributed by atoms with E-state index in [-0.39, 0.29) is 60.8 Å². The fraction of sp³-hybridized carbons (Fsp3) is 0.516. The number of fused-ring (bicyclic) bond motifs is 2. The fourth-order valence-corrected chi connectivity index (χ4v) is 7.67. The topological polar surface area (TPSA) is 167 Å². The Balaban J connectivity index is 1.37. The number of nitrogens with zero attached hydrogens (tertiary/aromatic N) is 1. The molecule has 5 rings (SSSR count). The van der Waals surface area contributed by atoms with Crippen molar-refractivity contribution < 1.29 is 37.3 Å². The zero-order valence-electron chi connectivity index (χ0n) is 25.1. The van der Waals surface area contributed by atoms with Gasteiger partial charge in [-0.2, -0.15) is 4.31 Å². The Morgan fingerprint density at radius 1 is 1.18 bits per heavy atom. The Morgan fingerprint density at radius 2 is 1.93 bits per heavy atom. The number of amides is 2. The highest BCUT2D eigenvalue weighted by molar-refractivity contribution is 7.89. The summed E-state index contributed by atoms with van der Waals surface area (Å²) < 4.78 is 46.0. The van der Waals surface area contributed by atoms with E-state index in [0.717, 1.165) is 5.56 Å². The van der Waals surface area contributed by atoms with Crippen molar-refractivity contribution in [2.75, 3.05) is 31.6 Å². The molecule has 2 aromatic rings. The van der Waals surface area contributed by atoms with Crippen LogP contribution in [0.2, 0.25) is 0 Å². The number of aliphatic hydroxyl groups is 1. The molecule has 2 aromatic carbocycles. The molecule has 0 saturated carbocycles. The molecule has 3 aliphatic rings. The van der Waals surface area contributed by atoms with Gasteiger partial charge in [0.1, 0.15) is 12.0 Å². The molecule has 13 heteroatoms. The number of anilines is 1. The first kappa shape index (κ1) is 32.0. The SMILES string of the molecule is CC(=N)C1C(=O)Nc2ccc(S(=O)(=O)N(CC(C)C)CC(O)C(Cc3ccccc3)NC(=O)OC3COC4OCCC34)cc21. The third-order valence-electron chi connectivity index (χ3n) is 8.19. The van der Waals surface area contributed by atoms with Gasteiger partial charge < -0.3 is 35.4 Å². The Bertz CT molecular complexity index is 1480. The number of carbonyl (C=O) groups excluding carboxylic acids is 2.